The van der Waals surface area contributed by atoms with Gasteiger partial charge in [0.15, 0.2) is 0 Å². The van der Waals surface area contributed by atoms with Gasteiger partial charge in [-0.1, -0.05) is 17.7 Å². The van der Waals surface area contributed by atoms with Gasteiger partial charge in [-0.25, -0.2) is 9.59 Å². The van der Waals surface area contributed by atoms with Crippen LogP contribution < -0.4 is 51.4 Å². The number of carboxylic acids is 2. The molecular weight excluding hydrogens is 235 g/mol. The van der Waals surface area contributed by atoms with Gasteiger partial charge in [-0.3, -0.25) is 0 Å². The summed E-state index contributed by atoms with van der Waals surface area (Å²) in [6, 6.07) is 3.91. The van der Waals surface area contributed by atoms with Gasteiger partial charge in [0.05, 0.1) is 16.1 Å². The molecule has 14 heavy (non-hydrogen) atoms. The van der Waals surface area contributed by atoms with Crippen molar-refractivity contribution >= 4 is 23.5 Å². The van der Waals surface area contributed by atoms with Crippen LogP contribution in [0.25, 0.3) is 0 Å². The first-order chi connectivity index (χ1) is 6.04. The minimum atomic E-state index is -1.34. The van der Waals surface area contributed by atoms with Gasteiger partial charge in [0.2, 0.25) is 0 Å². The first-order valence-electron chi connectivity index (χ1n) is 3.29. The van der Waals surface area contributed by atoms with Crippen molar-refractivity contribution < 1.29 is 72.6 Å². The maximum atomic E-state index is 10.6. The minimum absolute atomic E-state index is 0. The van der Waals surface area contributed by atoms with Crippen LogP contribution in [0.3, 0.4) is 0 Å². The van der Waals surface area contributed by atoms with Crippen molar-refractivity contribution in [3.05, 3.63) is 34.3 Å². The van der Waals surface area contributed by atoms with Crippen LogP contribution in [0.4, 0.5) is 0 Å². The number of hydrogen-bond donors (Lipinski definition) is 2. The summed E-state index contributed by atoms with van der Waals surface area (Å²) in [5.41, 5.74) is -0.684. The van der Waals surface area contributed by atoms with E-state index >= 15 is 0 Å². The third-order valence-electron chi connectivity index (χ3n) is 1.46. The van der Waals surface area contributed by atoms with E-state index in [0.717, 1.165) is 0 Å². The molecule has 6 heteroatoms. The van der Waals surface area contributed by atoms with Gasteiger partial charge in [-0.05, 0) is 12.1 Å². The molecule has 0 bridgehead atoms. The van der Waals surface area contributed by atoms with Gasteiger partial charge >= 0.3 is 63.3 Å². The first kappa shape index (κ1) is 14.1. The normalized spacial score (nSPS) is 8.93. The number of hydrogen-bond acceptors (Lipinski definition) is 2. The number of aromatic carboxylic acids is 2. The minimum Gasteiger partial charge on any atom is -1.00 e. The fourth-order valence-electron chi connectivity index (χ4n) is 0.920. The summed E-state index contributed by atoms with van der Waals surface area (Å²) in [5, 5.41) is 17.2. The molecular formula is C8H6ClKO4. The maximum Gasteiger partial charge on any atom is 1.00 e. The van der Waals surface area contributed by atoms with Crippen LogP contribution in [0, 0.1) is 0 Å². The van der Waals surface area contributed by atoms with E-state index in [1.165, 1.54) is 18.2 Å². The fourth-order valence-corrected chi connectivity index (χ4v) is 1.18. The van der Waals surface area contributed by atoms with E-state index in [1.54, 1.807) is 0 Å². The Morgan fingerprint density at radius 2 is 1.79 bits per heavy atom. The average molecular weight is 241 g/mol. The van der Waals surface area contributed by atoms with E-state index in [2.05, 4.69) is 0 Å². The van der Waals surface area contributed by atoms with Crippen LogP contribution in [0.2, 0.25) is 5.02 Å². The molecule has 70 valence electrons. The molecule has 0 saturated carbocycles. The molecule has 0 spiro atoms. The van der Waals surface area contributed by atoms with Crippen molar-refractivity contribution in [1.82, 2.24) is 0 Å². The average Bonchev–Trinajstić information content (AvgIpc) is 2.02. The topological polar surface area (TPSA) is 74.6 Å². The quantitative estimate of drug-likeness (QED) is 0.641. The molecule has 0 unspecified atom stereocenters. The smallest absolute Gasteiger partial charge is 1.00 e. The molecule has 0 amide bonds. The van der Waals surface area contributed by atoms with Crippen molar-refractivity contribution in [1.29, 1.82) is 0 Å². The van der Waals surface area contributed by atoms with Crippen molar-refractivity contribution in [2.75, 3.05) is 0 Å². The zero-order valence-corrected chi connectivity index (χ0v) is 11.2. The standard InChI is InChI=1S/C8H5ClO4.K.H/c9-5-3-1-2-4(7(10)11)6(5)8(12)13;;/h1-3H,(H,10,11)(H,12,13);;/q;+1;-1. The Bertz CT molecular complexity index is 383. The molecule has 1 rings (SSSR count). The molecule has 0 aliphatic carbocycles. The fraction of sp³-hybridized carbons (Fsp3) is 0. The van der Waals surface area contributed by atoms with E-state index in [0.29, 0.717) is 0 Å². The Morgan fingerprint density at radius 1 is 1.21 bits per heavy atom. The Balaban J connectivity index is 0. The Hall–Kier alpha value is 0.0864. The van der Waals surface area contributed by atoms with Crippen LogP contribution in [-0.2, 0) is 0 Å². The molecule has 0 atom stereocenters. The van der Waals surface area contributed by atoms with Crippen LogP contribution in [0.1, 0.15) is 22.1 Å². The maximum absolute atomic E-state index is 10.6. The van der Waals surface area contributed by atoms with Crippen molar-refractivity contribution in [3.8, 4) is 0 Å². The molecule has 2 N–H and O–H groups in total. The molecule has 1 aromatic rings. The molecule has 0 heterocycles. The van der Waals surface area contributed by atoms with Gasteiger partial charge < -0.3 is 11.6 Å². The van der Waals surface area contributed by atoms with Crippen molar-refractivity contribution in [2.24, 2.45) is 0 Å². The zero-order valence-electron chi connectivity index (χ0n) is 8.32. The van der Waals surface area contributed by atoms with Crippen LogP contribution in [0.15, 0.2) is 18.2 Å². The summed E-state index contributed by atoms with van der Waals surface area (Å²) in [7, 11) is 0. The van der Waals surface area contributed by atoms with E-state index in [-0.39, 0.29) is 69.0 Å². The summed E-state index contributed by atoms with van der Waals surface area (Å²) in [4.78, 5) is 21.2. The molecule has 0 aromatic heterocycles. The predicted molar refractivity (Wildman–Crippen MR) is 46.5 cm³/mol. The van der Waals surface area contributed by atoms with Crippen LogP contribution >= 0.6 is 11.6 Å². The van der Waals surface area contributed by atoms with Gasteiger partial charge in [-0.15, -0.1) is 0 Å². The summed E-state index contributed by atoms with van der Waals surface area (Å²) < 4.78 is 0. The summed E-state index contributed by atoms with van der Waals surface area (Å²) in [5.74, 6) is -2.65. The number of rotatable bonds is 2. The second kappa shape index (κ2) is 5.84. The predicted octanol–water partition coefficient (Wildman–Crippen LogP) is -1.15. The molecule has 0 aliphatic heterocycles. The monoisotopic (exact) mass is 240 g/mol. The molecule has 0 saturated heterocycles. The van der Waals surface area contributed by atoms with Crippen LogP contribution in [0.5, 0.6) is 0 Å². The molecule has 0 radical (unpaired) electrons. The van der Waals surface area contributed by atoms with E-state index < -0.39 is 11.9 Å². The van der Waals surface area contributed by atoms with Crippen molar-refractivity contribution in [3.63, 3.8) is 0 Å². The van der Waals surface area contributed by atoms with Gasteiger partial charge in [0.1, 0.15) is 0 Å². The molecule has 4 nitrogen and oxygen atoms in total. The Kier molecular flexibility index (Phi) is 5.88. The number of carboxylic acid groups (broad SMARTS) is 2. The second-order valence-electron chi connectivity index (χ2n) is 2.27. The number of halogens is 1. The third-order valence-corrected chi connectivity index (χ3v) is 1.77. The van der Waals surface area contributed by atoms with E-state index in [9.17, 15) is 9.59 Å². The first-order valence-corrected chi connectivity index (χ1v) is 3.67. The summed E-state index contributed by atoms with van der Waals surface area (Å²) >= 11 is 5.52. The summed E-state index contributed by atoms with van der Waals surface area (Å²) in [6.45, 7) is 0. The second-order valence-corrected chi connectivity index (χ2v) is 2.68. The van der Waals surface area contributed by atoms with Gasteiger partial charge in [0.25, 0.3) is 0 Å². The van der Waals surface area contributed by atoms with Gasteiger partial charge in [0, 0.05) is 0 Å². The SMILES string of the molecule is O=C(O)c1cccc(Cl)c1C(=O)O.[H-].[K+]. The van der Waals surface area contributed by atoms with Crippen molar-refractivity contribution in [2.45, 2.75) is 0 Å². The van der Waals surface area contributed by atoms with Gasteiger partial charge in [-0.2, -0.15) is 0 Å². The Morgan fingerprint density at radius 3 is 2.14 bits per heavy atom. The van der Waals surface area contributed by atoms with E-state index in [1.807, 2.05) is 0 Å². The van der Waals surface area contributed by atoms with Crippen LogP contribution in [-0.4, -0.2) is 22.2 Å². The molecule has 0 fully saturated rings. The van der Waals surface area contributed by atoms with E-state index in [4.69, 9.17) is 21.8 Å². The Labute approximate surface area is 129 Å². The number of benzene rings is 1. The molecule has 0 aliphatic rings. The summed E-state index contributed by atoms with van der Waals surface area (Å²) in [6.07, 6.45) is 0. The molecule has 1 aromatic carbocycles. The largest absolute Gasteiger partial charge is 1.00 e. The third kappa shape index (κ3) is 3.05. The number of carbonyl (C=O) groups is 2. The zero-order chi connectivity index (χ0) is 10.0.